The van der Waals surface area contributed by atoms with Gasteiger partial charge in [0.15, 0.2) is 5.16 Å². The van der Waals surface area contributed by atoms with Gasteiger partial charge in [-0.1, -0.05) is 65.8 Å². The van der Waals surface area contributed by atoms with Crippen LogP contribution in [-0.4, -0.2) is 27.1 Å². The zero-order valence-corrected chi connectivity index (χ0v) is 15.6. The molecule has 0 saturated carbocycles. The topological polar surface area (TPSA) is 39.9 Å². The minimum absolute atomic E-state index is 0.568. The first kappa shape index (κ1) is 17.8. The Bertz CT molecular complexity index is 807. The minimum atomic E-state index is 0.568. The number of hydrogen-bond donors (Lipinski definition) is 0. The van der Waals surface area contributed by atoms with E-state index < -0.39 is 0 Å². The Balaban J connectivity index is 1.57. The molecule has 0 aliphatic heterocycles. The van der Waals surface area contributed by atoms with Crippen LogP contribution in [0.4, 0.5) is 0 Å². The molecule has 1 heterocycles. The first-order valence-corrected chi connectivity index (χ1v) is 9.60. The summed E-state index contributed by atoms with van der Waals surface area (Å²) in [4.78, 5) is 0. The Labute approximate surface area is 157 Å². The zero-order chi connectivity index (χ0) is 17.5. The third-order valence-corrected chi connectivity index (χ3v) is 4.97. The Hall–Kier alpha value is -1.98. The van der Waals surface area contributed by atoms with Gasteiger partial charge in [-0.25, -0.2) is 0 Å². The Morgan fingerprint density at radius 2 is 1.80 bits per heavy atom. The summed E-state index contributed by atoms with van der Waals surface area (Å²) in [6.07, 6.45) is 0.790. The second-order valence-corrected chi connectivity index (χ2v) is 6.90. The normalized spacial score (nSPS) is 10.8. The van der Waals surface area contributed by atoms with Crippen molar-refractivity contribution in [2.45, 2.75) is 25.0 Å². The van der Waals surface area contributed by atoms with E-state index in [9.17, 15) is 0 Å². The van der Waals surface area contributed by atoms with E-state index in [0.717, 1.165) is 29.7 Å². The maximum atomic E-state index is 6.09. The number of benzene rings is 2. The Kier molecular flexibility index (Phi) is 6.36. The maximum absolute atomic E-state index is 6.09. The second kappa shape index (κ2) is 8.92. The summed E-state index contributed by atoms with van der Waals surface area (Å²) < 4.78 is 7.88. The van der Waals surface area contributed by atoms with Crippen molar-refractivity contribution in [2.24, 2.45) is 0 Å². The van der Waals surface area contributed by atoms with Gasteiger partial charge in [0.05, 0.1) is 11.6 Å². The van der Waals surface area contributed by atoms with Crippen molar-refractivity contribution in [1.82, 2.24) is 14.8 Å². The summed E-state index contributed by atoms with van der Waals surface area (Å²) in [7, 11) is 0. The lowest BCUT2D eigenvalue weighted by atomic mass is 10.1. The highest BCUT2D eigenvalue weighted by Crippen LogP contribution is 2.24. The maximum Gasteiger partial charge on any atom is 0.191 e. The van der Waals surface area contributed by atoms with E-state index in [4.69, 9.17) is 16.3 Å². The van der Waals surface area contributed by atoms with Gasteiger partial charge >= 0.3 is 0 Å². The van der Waals surface area contributed by atoms with Gasteiger partial charge < -0.3 is 9.30 Å². The third-order valence-electron chi connectivity index (χ3n) is 3.72. The van der Waals surface area contributed by atoms with Crippen LogP contribution in [0.1, 0.15) is 18.3 Å². The molecule has 25 heavy (non-hydrogen) atoms. The number of hydrogen-bond acceptors (Lipinski definition) is 4. The first-order valence-electron chi connectivity index (χ1n) is 8.24. The molecule has 0 radical (unpaired) electrons. The molecule has 0 saturated heterocycles. The number of halogens is 1. The molecule has 0 unspecified atom stereocenters. The molecule has 0 bridgehead atoms. The van der Waals surface area contributed by atoms with Crippen LogP contribution in [0.15, 0.2) is 59.8 Å². The zero-order valence-electron chi connectivity index (χ0n) is 14.1. The smallest absolute Gasteiger partial charge is 0.191 e. The van der Waals surface area contributed by atoms with Gasteiger partial charge in [-0.2, -0.15) is 0 Å². The van der Waals surface area contributed by atoms with E-state index in [1.54, 1.807) is 11.8 Å². The van der Waals surface area contributed by atoms with Gasteiger partial charge in [-0.15, -0.1) is 10.2 Å². The number of aromatic nitrogens is 3. The molecule has 0 fully saturated rings. The lowest BCUT2D eigenvalue weighted by molar-refractivity contribution is 0.344. The quantitative estimate of drug-likeness (QED) is 0.423. The molecule has 4 nitrogen and oxygen atoms in total. The fourth-order valence-corrected chi connectivity index (χ4v) is 3.53. The van der Waals surface area contributed by atoms with E-state index in [-0.39, 0.29) is 0 Å². The molecule has 1 aromatic heterocycles. The van der Waals surface area contributed by atoms with Crippen LogP contribution in [0.3, 0.4) is 0 Å². The van der Waals surface area contributed by atoms with Crippen LogP contribution >= 0.6 is 23.4 Å². The monoisotopic (exact) mass is 373 g/mol. The van der Waals surface area contributed by atoms with Gasteiger partial charge in [0.1, 0.15) is 11.6 Å². The minimum Gasteiger partial charge on any atom is -0.491 e. The molecule has 0 aliphatic rings. The van der Waals surface area contributed by atoms with Crippen LogP contribution in [-0.2, 0) is 13.0 Å². The van der Waals surface area contributed by atoms with Crippen molar-refractivity contribution < 1.29 is 4.74 Å². The highest BCUT2D eigenvalue weighted by molar-refractivity contribution is 7.99. The van der Waals surface area contributed by atoms with Crippen molar-refractivity contribution in [3.8, 4) is 5.75 Å². The van der Waals surface area contributed by atoms with Crippen LogP contribution < -0.4 is 4.74 Å². The lowest BCUT2D eigenvalue weighted by Crippen LogP contribution is -2.06. The fraction of sp³-hybridized carbons (Fsp3) is 0.263. The van der Waals surface area contributed by atoms with E-state index in [1.807, 2.05) is 42.5 Å². The second-order valence-electron chi connectivity index (χ2n) is 5.43. The van der Waals surface area contributed by atoms with Gasteiger partial charge in [0.2, 0.25) is 0 Å². The highest BCUT2D eigenvalue weighted by atomic mass is 35.5. The molecular weight excluding hydrogens is 354 g/mol. The number of para-hydroxylation sites is 1. The average Bonchev–Trinajstić information content (AvgIpc) is 3.02. The molecule has 3 rings (SSSR count). The predicted octanol–water partition coefficient (Wildman–Crippen LogP) is 4.71. The van der Waals surface area contributed by atoms with Gasteiger partial charge in [0.25, 0.3) is 0 Å². The third kappa shape index (κ3) is 4.77. The van der Waals surface area contributed by atoms with Crippen molar-refractivity contribution in [3.63, 3.8) is 0 Å². The van der Waals surface area contributed by atoms with Crippen molar-refractivity contribution in [2.75, 3.05) is 12.4 Å². The summed E-state index contributed by atoms with van der Waals surface area (Å²) in [5.41, 5.74) is 1.24. The van der Waals surface area contributed by atoms with E-state index in [0.29, 0.717) is 17.4 Å². The number of thioether (sulfide) groups is 1. The van der Waals surface area contributed by atoms with Crippen LogP contribution in [0, 0.1) is 0 Å². The van der Waals surface area contributed by atoms with Gasteiger partial charge in [-0.3, -0.25) is 0 Å². The summed E-state index contributed by atoms with van der Waals surface area (Å²) >= 11 is 7.74. The fourth-order valence-electron chi connectivity index (χ4n) is 2.50. The summed E-state index contributed by atoms with van der Waals surface area (Å²) in [6.45, 7) is 3.53. The molecule has 0 atom stereocenters. The lowest BCUT2D eigenvalue weighted by Gasteiger charge is -2.09. The van der Waals surface area contributed by atoms with Crippen molar-refractivity contribution in [1.29, 1.82) is 0 Å². The molecule has 0 spiro atoms. The Morgan fingerprint density at radius 1 is 1.04 bits per heavy atom. The SMILES string of the molecule is CCn1c(Cc2ccccc2)nnc1SCCOc1ccccc1Cl. The predicted molar refractivity (Wildman–Crippen MR) is 103 cm³/mol. The van der Waals surface area contributed by atoms with E-state index in [2.05, 4.69) is 33.8 Å². The first-order chi connectivity index (χ1) is 12.3. The molecule has 130 valence electrons. The molecule has 6 heteroatoms. The summed E-state index contributed by atoms with van der Waals surface area (Å²) in [5.74, 6) is 2.49. The van der Waals surface area contributed by atoms with Gasteiger partial charge in [-0.05, 0) is 24.6 Å². The molecule has 0 N–H and O–H groups in total. The summed E-state index contributed by atoms with van der Waals surface area (Å²) in [5, 5.41) is 10.3. The highest BCUT2D eigenvalue weighted by Gasteiger charge is 2.12. The molecule has 3 aromatic rings. The van der Waals surface area contributed by atoms with Crippen molar-refractivity contribution in [3.05, 3.63) is 71.0 Å². The van der Waals surface area contributed by atoms with Crippen molar-refractivity contribution >= 4 is 23.4 Å². The number of ether oxygens (including phenoxy) is 1. The Morgan fingerprint density at radius 3 is 2.56 bits per heavy atom. The van der Waals surface area contributed by atoms with E-state index >= 15 is 0 Å². The standard InChI is InChI=1S/C19H20ClN3OS/c1-2-23-18(14-15-8-4-3-5-9-15)21-22-19(23)25-13-12-24-17-11-7-6-10-16(17)20/h3-11H,2,12-14H2,1H3. The molecule has 0 aliphatic carbocycles. The average molecular weight is 374 g/mol. The van der Waals surface area contributed by atoms with E-state index in [1.165, 1.54) is 5.56 Å². The number of nitrogens with zero attached hydrogens (tertiary/aromatic N) is 3. The largest absolute Gasteiger partial charge is 0.491 e. The van der Waals surface area contributed by atoms with Crippen LogP contribution in [0.2, 0.25) is 5.02 Å². The molecular formula is C19H20ClN3OS. The van der Waals surface area contributed by atoms with Crippen LogP contribution in [0.5, 0.6) is 5.75 Å². The molecule has 0 amide bonds. The summed E-state index contributed by atoms with van der Waals surface area (Å²) in [6, 6.07) is 17.8. The van der Waals surface area contributed by atoms with Crippen LogP contribution in [0.25, 0.3) is 0 Å². The number of rotatable bonds is 8. The van der Waals surface area contributed by atoms with Gasteiger partial charge in [0, 0.05) is 18.7 Å². The molecule has 2 aromatic carbocycles.